The van der Waals surface area contributed by atoms with Crippen LogP contribution in [-0.4, -0.2) is 0 Å². The first-order chi connectivity index (χ1) is 10.7. The molecule has 2 aromatic rings. The predicted octanol–water partition coefficient (Wildman–Crippen LogP) is 6.62. The maximum atomic E-state index is 2.39. The predicted molar refractivity (Wildman–Crippen MR) is 103 cm³/mol. The summed E-state index contributed by atoms with van der Waals surface area (Å²) in [6, 6.07) is 22.2. The molecule has 23 heavy (non-hydrogen) atoms. The van der Waals surface area contributed by atoms with Gasteiger partial charge in [0.05, 0.1) is 9.49 Å². The second-order valence-corrected chi connectivity index (χ2v) is 10.1. The van der Waals surface area contributed by atoms with E-state index in [1.165, 1.54) is 11.1 Å². The molecular formula is C22H28S. The van der Waals surface area contributed by atoms with Gasteiger partial charge in [0.1, 0.15) is 0 Å². The van der Waals surface area contributed by atoms with E-state index in [9.17, 15) is 0 Å². The molecule has 0 saturated carbocycles. The molecule has 0 N–H and O–H groups in total. The Labute approximate surface area is 145 Å². The van der Waals surface area contributed by atoms with Crippen LogP contribution in [0.1, 0.15) is 52.7 Å². The van der Waals surface area contributed by atoms with Crippen LogP contribution in [0.2, 0.25) is 0 Å². The van der Waals surface area contributed by atoms with Gasteiger partial charge >= 0.3 is 0 Å². The van der Waals surface area contributed by atoms with Gasteiger partial charge in [0, 0.05) is 0 Å². The fourth-order valence-electron chi connectivity index (χ4n) is 4.30. The highest BCUT2D eigenvalue weighted by molar-refractivity contribution is 8.08. The van der Waals surface area contributed by atoms with Crippen LogP contribution in [0, 0.1) is 10.8 Å². The van der Waals surface area contributed by atoms with E-state index in [0.29, 0.717) is 0 Å². The number of rotatable bonds is 2. The third-order valence-corrected chi connectivity index (χ3v) is 7.95. The molecule has 1 aliphatic heterocycles. The minimum absolute atomic E-state index is 0.0981. The van der Waals surface area contributed by atoms with Crippen molar-refractivity contribution in [3.05, 3.63) is 71.8 Å². The van der Waals surface area contributed by atoms with Gasteiger partial charge in [-0.1, -0.05) is 102 Å². The summed E-state index contributed by atoms with van der Waals surface area (Å²) in [6.45, 7) is 14.4. The molecule has 0 nitrogen and oxygen atoms in total. The summed E-state index contributed by atoms with van der Waals surface area (Å²) in [5.41, 5.74) is 3.25. The highest BCUT2D eigenvalue weighted by Gasteiger charge is 2.78. The average Bonchev–Trinajstić information content (AvgIpc) is 3.22. The first-order valence-corrected chi connectivity index (χ1v) is 9.30. The van der Waals surface area contributed by atoms with Crippen molar-refractivity contribution in [2.24, 2.45) is 10.8 Å². The second kappa shape index (κ2) is 5.14. The minimum atomic E-state index is 0.0981. The van der Waals surface area contributed by atoms with Gasteiger partial charge in [0.15, 0.2) is 0 Å². The second-order valence-electron chi connectivity index (χ2n) is 8.70. The van der Waals surface area contributed by atoms with Crippen molar-refractivity contribution in [3.8, 4) is 0 Å². The van der Waals surface area contributed by atoms with E-state index in [-0.39, 0.29) is 20.3 Å². The zero-order chi connectivity index (χ0) is 16.9. The lowest BCUT2D eigenvalue weighted by Crippen LogP contribution is -2.41. The zero-order valence-corrected chi connectivity index (χ0v) is 16.0. The molecule has 3 rings (SSSR count). The zero-order valence-electron chi connectivity index (χ0n) is 15.2. The lowest BCUT2D eigenvalue weighted by atomic mass is 9.60. The van der Waals surface area contributed by atoms with Crippen LogP contribution in [0.5, 0.6) is 0 Å². The molecule has 2 atom stereocenters. The van der Waals surface area contributed by atoms with Crippen LogP contribution < -0.4 is 0 Å². The number of benzene rings is 2. The molecule has 0 spiro atoms. The highest BCUT2D eigenvalue weighted by Crippen LogP contribution is 2.86. The smallest absolute Gasteiger partial charge is 0.0658 e. The van der Waals surface area contributed by atoms with Crippen molar-refractivity contribution in [2.45, 2.75) is 51.0 Å². The molecule has 122 valence electrons. The van der Waals surface area contributed by atoms with Crippen LogP contribution in [-0.2, 0) is 9.49 Å². The van der Waals surface area contributed by atoms with E-state index in [2.05, 4.69) is 114 Å². The van der Waals surface area contributed by atoms with E-state index >= 15 is 0 Å². The molecule has 2 aromatic carbocycles. The number of hydrogen-bond donors (Lipinski definition) is 0. The fraction of sp³-hybridized carbons (Fsp3) is 0.455. The van der Waals surface area contributed by atoms with Crippen molar-refractivity contribution in [2.75, 3.05) is 0 Å². The highest BCUT2D eigenvalue weighted by atomic mass is 32.2. The molecular weight excluding hydrogens is 296 g/mol. The Kier molecular flexibility index (Phi) is 3.72. The Balaban J connectivity index is 2.28. The molecule has 0 bridgehead atoms. The summed E-state index contributed by atoms with van der Waals surface area (Å²) in [5.74, 6) is 0. The summed E-state index contributed by atoms with van der Waals surface area (Å²) in [4.78, 5) is 0. The largest absolute Gasteiger partial charge is 0.134 e. The van der Waals surface area contributed by atoms with Crippen molar-refractivity contribution in [1.29, 1.82) is 0 Å². The van der Waals surface area contributed by atoms with Gasteiger partial charge in [-0.25, -0.2) is 0 Å². The van der Waals surface area contributed by atoms with Gasteiger partial charge in [-0.15, -0.1) is 11.8 Å². The monoisotopic (exact) mass is 324 g/mol. The van der Waals surface area contributed by atoms with Crippen LogP contribution in [0.15, 0.2) is 60.7 Å². The number of thioether (sulfide) groups is 1. The molecule has 0 radical (unpaired) electrons. The van der Waals surface area contributed by atoms with E-state index in [1.807, 2.05) is 0 Å². The Morgan fingerprint density at radius 1 is 0.565 bits per heavy atom. The third kappa shape index (κ3) is 2.20. The van der Waals surface area contributed by atoms with Crippen molar-refractivity contribution in [3.63, 3.8) is 0 Å². The first-order valence-electron chi connectivity index (χ1n) is 8.48. The summed E-state index contributed by atoms with van der Waals surface area (Å²) >= 11 is 2.15. The van der Waals surface area contributed by atoms with Gasteiger partial charge in [-0.05, 0) is 22.0 Å². The summed E-state index contributed by atoms with van der Waals surface area (Å²) < 4.78 is 0.196. The van der Waals surface area contributed by atoms with Crippen molar-refractivity contribution in [1.82, 2.24) is 0 Å². The Hall–Kier alpha value is -1.21. The number of hydrogen-bond acceptors (Lipinski definition) is 1. The summed E-state index contributed by atoms with van der Waals surface area (Å²) in [6.07, 6.45) is 0. The quantitative estimate of drug-likeness (QED) is 0.560. The third-order valence-electron chi connectivity index (χ3n) is 5.23. The average molecular weight is 325 g/mol. The SMILES string of the molecule is CC(C)(C)[C@]1(c2ccccc2)S[C@@]1(c1ccccc1)C(C)(C)C. The van der Waals surface area contributed by atoms with Gasteiger partial charge in [-0.2, -0.15) is 0 Å². The molecule has 1 heteroatoms. The van der Waals surface area contributed by atoms with Gasteiger partial charge < -0.3 is 0 Å². The Morgan fingerprint density at radius 2 is 0.870 bits per heavy atom. The normalized spacial score (nSPS) is 27.7. The molecule has 0 unspecified atom stereocenters. The maximum absolute atomic E-state index is 2.39. The van der Waals surface area contributed by atoms with Crippen molar-refractivity contribution < 1.29 is 0 Å². The first kappa shape index (κ1) is 16.6. The van der Waals surface area contributed by atoms with Gasteiger partial charge in [-0.3, -0.25) is 0 Å². The maximum Gasteiger partial charge on any atom is 0.0658 e. The van der Waals surface area contributed by atoms with E-state index in [1.54, 1.807) is 0 Å². The molecule has 0 aliphatic carbocycles. The van der Waals surface area contributed by atoms with E-state index in [4.69, 9.17) is 0 Å². The van der Waals surface area contributed by atoms with Crippen LogP contribution in [0.3, 0.4) is 0 Å². The topological polar surface area (TPSA) is 0 Å². The van der Waals surface area contributed by atoms with E-state index < -0.39 is 0 Å². The molecule has 0 amide bonds. The molecule has 1 saturated heterocycles. The fourth-order valence-corrected chi connectivity index (χ4v) is 6.68. The standard InChI is InChI=1S/C22H28S/c1-19(2,3)21(17-13-9-7-10-14-17)22(23-21,20(4,5)6)18-15-11-8-12-16-18/h7-16H,1-6H3/t21-,22-/m0/s1. The molecule has 1 heterocycles. The van der Waals surface area contributed by atoms with Crippen molar-refractivity contribution >= 4 is 11.8 Å². The van der Waals surface area contributed by atoms with E-state index in [0.717, 1.165) is 0 Å². The summed E-state index contributed by atoms with van der Waals surface area (Å²) in [7, 11) is 0. The van der Waals surface area contributed by atoms with Crippen LogP contribution in [0.4, 0.5) is 0 Å². The molecule has 0 aromatic heterocycles. The Bertz CT molecular complexity index is 614. The van der Waals surface area contributed by atoms with Crippen LogP contribution in [0.25, 0.3) is 0 Å². The van der Waals surface area contributed by atoms with Crippen LogP contribution >= 0.6 is 11.8 Å². The van der Waals surface area contributed by atoms with Gasteiger partial charge in [0.2, 0.25) is 0 Å². The summed E-state index contributed by atoms with van der Waals surface area (Å²) in [5, 5.41) is 0. The minimum Gasteiger partial charge on any atom is -0.134 e. The van der Waals surface area contributed by atoms with Gasteiger partial charge in [0.25, 0.3) is 0 Å². The lowest BCUT2D eigenvalue weighted by molar-refractivity contribution is 0.184. The molecule has 1 aliphatic rings. The molecule has 1 fully saturated rings. The lowest BCUT2D eigenvalue weighted by Gasteiger charge is -2.41. The Morgan fingerprint density at radius 3 is 1.13 bits per heavy atom.